The van der Waals surface area contributed by atoms with Crippen LogP contribution in [0.4, 0.5) is 14.5 Å². The molecule has 0 unspecified atom stereocenters. The zero-order valence-electron chi connectivity index (χ0n) is 10.6. The number of nitro groups is 1. The molecule has 0 saturated heterocycles. The average molecular weight is 274 g/mol. The molecule has 0 aliphatic heterocycles. The molecule has 2 rings (SSSR count). The van der Waals surface area contributed by atoms with Crippen LogP contribution in [0.1, 0.15) is 31.4 Å². The third-order valence-electron chi connectivity index (χ3n) is 3.95. The second-order valence-electron chi connectivity index (χ2n) is 5.10. The molecule has 6 nitrogen and oxygen atoms in total. The summed E-state index contributed by atoms with van der Waals surface area (Å²) in [5.41, 5.74) is 5.18. The Labute approximate surface area is 108 Å². The summed E-state index contributed by atoms with van der Waals surface area (Å²) in [4.78, 5) is 10.5. The molecule has 1 fully saturated rings. The van der Waals surface area contributed by atoms with Crippen molar-refractivity contribution in [1.82, 2.24) is 9.78 Å². The molecule has 8 heteroatoms. The minimum Gasteiger partial charge on any atom is -0.330 e. The van der Waals surface area contributed by atoms with Crippen LogP contribution in [0.2, 0.25) is 0 Å². The first-order valence-corrected chi connectivity index (χ1v) is 6.06. The molecule has 0 radical (unpaired) electrons. The molecule has 19 heavy (non-hydrogen) atoms. The van der Waals surface area contributed by atoms with Crippen LogP contribution in [0.3, 0.4) is 0 Å². The maximum Gasteiger partial charge on any atom is 0.310 e. The highest BCUT2D eigenvalue weighted by Crippen LogP contribution is 2.46. The zero-order valence-corrected chi connectivity index (χ0v) is 10.6. The highest BCUT2D eigenvalue weighted by atomic mass is 19.3. The van der Waals surface area contributed by atoms with Crippen molar-refractivity contribution in [3.05, 3.63) is 22.0 Å². The Bertz CT molecular complexity index is 491. The van der Waals surface area contributed by atoms with Gasteiger partial charge in [0, 0.05) is 31.8 Å². The maximum absolute atomic E-state index is 13.3. The SMILES string of the molecule is Cn1ncc([N+](=O)[O-])c1C1(CN)CCC(F)(F)CC1. The van der Waals surface area contributed by atoms with Gasteiger partial charge in [0.15, 0.2) is 0 Å². The Balaban J connectivity index is 2.43. The summed E-state index contributed by atoms with van der Waals surface area (Å²) in [6.45, 7) is 0.101. The number of hydrogen-bond donors (Lipinski definition) is 1. The van der Waals surface area contributed by atoms with E-state index in [0.717, 1.165) is 6.20 Å². The Kier molecular flexibility index (Phi) is 3.29. The fourth-order valence-corrected chi connectivity index (χ4v) is 2.81. The van der Waals surface area contributed by atoms with Gasteiger partial charge < -0.3 is 5.73 Å². The molecule has 0 bridgehead atoms. The number of aromatic nitrogens is 2. The van der Waals surface area contributed by atoms with Gasteiger partial charge in [-0.25, -0.2) is 8.78 Å². The molecule has 1 aliphatic rings. The lowest BCUT2D eigenvalue weighted by molar-refractivity contribution is -0.386. The van der Waals surface area contributed by atoms with E-state index in [4.69, 9.17) is 5.73 Å². The average Bonchev–Trinajstić information content (AvgIpc) is 2.73. The first kappa shape index (κ1) is 13.9. The van der Waals surface area contributed by atoms with Crippen LogP contribution < -0.4 is 5.73 Å². The van der Waals surface area contributed by atoms with Crippen molar-refractivity contribution >= 4 is 5.69 Å². The number of rotatable bonds is 3. The third-order valence-corrected chi connectivity index (χ3v) is 3.95. The van der Waals surface area contributed by atoms with Gasteiger partial charge in [-0.2, -0.15) is 5.10 Å². The van der Waals surface area contributed by atoms with Gasteiger partial charge in [0.05, 0.1) is 4.92 Å². The highest BCUT2D eigenvalue weighted by molar-refractivity contribution is 5.40. The van der Waals surface area contributed by atoms with Crippen molar-refractivity contribution in [2.24, 2.45) is 12.8 Å². The van der Waals surface area contributed by atoms with E-state index in [0.29, 0.717) is 5.69 Å². The third kappa shape index (κ3) is 2.32. The summed E-state index contributed by atoms with van der Waals surface area (Å²) >= 11 is 0. The number of halogens is 2. The number of nitrogens with two attached hydrogens (primary N) is 1. The van der Waals surface area contributed by atoms with Gasteiger partial charge in [0.25, 0.3) is 0 Å². The minimum absolute atomic E-state index is 0.101. The first-order valence-electron chi connectivity index (χ1n) is 6.06. The second kappa shape index (κ2) is 4.52. The quantitative estimate of drug-likeness (QED) is 0.671. The Hall–Kier alpha value is -1.57. The van der Waals surface area contributed by atoms with Crippen LogP contribution >= 0.6 is 0 Å². The molecule has 1 aromatic rings. The van der Waals surface area contributed by atoms with Gasteiger partial charge in [-0.3, -0.25) is 14.8 Å². The summed E-state index contributed by atoms with van der Waals surface area (Å²) in [6.07, 6.45) is 0.826. The van der Waals surface area contributed by atoms with E-state index in [9.17, 15) is 18.9 Å². The molecule has 0 amide bonds. The lowest BCUT2D eigenvalue weighted by atomic mass is 9.70. The standard InChI is InChI=1S/C11H16F2N4O2/c1-16-9(8(6-15-16)17(18)19)10(7-14)2-4-11(12,13)5-3-10/h6H,2-5,7,14H2,1H3. The van der Waals surface area contributed by atoms with E-state index in [1.807, 2.05) is 0 Å². The number of hydrogen-bond acceptors (Lipinski definition) is 4. The van der Waals surface area contributed by atoms with Crippen LogP contribution in [0, 0.1) is 10.1 Å². The van der Waals surface area contributed by atoms with Crippen molar-refractivity contribution in [3.63, 3.8) is 0 Å². The van der Waals surface area contributed by atoms with E-state index in [1.165, 1.54) is 4.68 Å². The Morgan fingerprint density at radius 2 is 2.05 bits per heavy atom. The number of aryl methyl sites for hydroxylation is 1. The Morgan fingerprint density at radius 1 is 1.47 bits per heavy atom. The zero-order chi connectivity index (χ0) is 14.3. The summed E-state index contributed by atoms with van der Waals surface area (Å²) in [5, 5.41) is 14.9. The highest BCUT2D eigenvalue weighted by Gasteiger charge is 2.47. The van der Waals surface area contributed by atoms with Gasteiger partial charge in [-0.15, -0.1) is 0 Å². The molecule has 0 spiro atoms. The Morgan fingerprint density at radius 3 is 2.53 bits per heavy atom. The molecule has 0 aromatic carbocycles. The van der Waals surface area contributed by atoms with E-state index in [1.54, 1.807) is 7.05 Å². The van der Waals surface area contributed by atoms with E-state index in [2.05, 4.69) is 5.10 Å². The fraction of sp³-hybridized carbons (Fsp3) is 0.727. The van der Waals surface area contributed by atoms with Crippen molar-refractivity contribution < 1.29 is 13.7 Å². The second-order valence-corrected chi connectivity index (χ2v) is 5.10. The molecular formula is C11H16F2N4O2. The van der Waals surface area contributed by atoms with E-state index in [-0.39, 0.29) is 37.9 Å². The lowest BCUT2D eigenvalue weighted by Gasteiger charge is -2.38. The van der Waals surface area contributed by atoms with Gasteiger partial charge >= 0.3 is 5.69 Å². The predicted octanol–water partition coefficient (Wildman–Crippen LogP) is 1.73. The molecule has 1 aliphatic carbocycles. The summed E-state index contributed by atoms with van der Waals surface area (Å²) in [7, 11) is 1.58. The summed E-state index contributed by atoms with van der Waals surface area (Å²) in [6, 6.07) is 0. The molecule has 1 aromatic heterocycles. The van der Waals surface area contributed by atoms with E-state index < -0.39 is 16.3 Å². The van der Waals surface area contributed by atoms with E-state index >= 15 is 0 Å². The van der Waals surface area contributed by atoms with Crippen molar-refractivity contribution in [1.29, 1.82) is 0 Å². The topological polar surface area (TPSA) is 87.0 Å². The maximum atomic E-state index is 13.3. The van der Waals surface area contributed by atoms with Crippen LogP contribution in [-0.4, -0.2) is 27.2 Å². The summed E-state index contributed by atoms with van der Waals surface area (Å²) in [5.74, 6) is -2.70. The predicted molar refractivity (Wildman–Crippen MR) is 64.0 cm³/mol. The van der Waals surface area contributed by atoms with Crippen molar-refractivity contribution in [2.75, 3.05) is 6.54 Å². The van der Waals surface area contributed by atoms with Gasteiger partial charge in [-0.05, 0) is 12.8 Å². The molecule has 2 N–H and O–H groups in total. The lowest BCUT2D eigenvalue weighted by Crippen LogP contribution is -2.43. The molecule has 1 heterocycles. The monoisotopic (exact) mass is 274 g/mol. The van der Waals surface area contributed by atoms with Crippen LogP contribution in [0.15, 0.2) is 6.20 Å². The molecular weight excluding hydrogens is 258 g/mol. The van der Waals surface area contributed by atoms with Crippen LogP contribution in [0.5, 0.6) is 0 Å². The summed E-state index contributed by atoms with van der Waals surface area (Å²) < 4.78 is 28.0. The number of alkyl halides is 2. The van der Waals surface area contributed by atoms with Crippen molar-refractivity contribution in [3.8, 4) is 0 Å². The van der Waals surface area contributed by atoms with Crippen molar-refractivity contribution in [2.45, 2.75) is 37.0 Å². The molecule has 1 saturated carbocycles. The fourth-order valence-electron chi connectivity index (χ4n) is 2.81. The van der Waals surface area contributed by atoms with Gasteiger partial charge in [0.2, 0.25) is 5.92 Å². The smallest absolute Gasteiger partial charge is 0.310 e. The largest absolute Gasteiger partial charge is 0.330 e. The normalized spacial score (nSPS) is 21.3. The van der Waals surface area contributed by atoms with Gasteiger partial charge in [-0.1, -0.05) is 0 Å². The number of nitrogens with zero attached hydrogens (tertiary/aromatic N) is 3. The first-order chi connectivity index (χ1) is 8.81. The minimum atomic E-state index is -2.70. The molecule has 106 valence electrons. The molecule has 0 atom stereocenters. The van der Waals surface area contributed by atoms with Crippen LogP contribution in [-0.2, 0) is 12.5 Å². The van der Waals surface area contributed by atoms with Crippen LogP contribution in [0.25, 0.3) is 0 Å². The van der Waals surface area contributed by atoms with Gasteiger partial charge in [0.1, 0.15) is 11.9 Å².